The molecule has 0 aliphatic heterocycles. The lowest BCUT2D eigenvalue weighted by Crippen LogP contribution is -1.82. The lowest BCUT2D eigenvalue weighted by molar-refractivity contribution is 0.469. The van der Waals surface area contributed by atoms with Gasteiger partial charge in [-0.15, -0.1) is 0 Å². The van der Waals surface area contributed by atoms with Crippen molar-refractivity contribution >= 4 is 6.08 Å². The smallest absolute Gasteiger partial charge is 0.152 e. The van der Waals surface area contributed by atoms with Crippen molar-refractivity contribution in [1.82, 2.24) is 9.97 Å². The number of hydrogen-bond donors (Lipinski definition) is 1. The van der Waals surface area contributed by atoms with Crippen molar-refractivity contribution in [3.05, 3.63) is 24.8 Å². The third kappa shape index (κ3) is 1.25. The summed E-state index contributed by atoms with van der Waals surface area (Å²) in [5.41, 5.74) is 0. The molecule has 0 radical (unpaired) electrons. The second-order valence-corrected chi connectivity index (χ2v) is 1.50. The maximum Gasteiger partial charge on any atom is 0.152 e. The Bertz CT molecular complexity index is 205. The average Bonchev–Trinajstić information content (AvgIpc) is 1.90. The van der Waals surface area contributed by atoms with Gasteiger partial charge in [0, 0.05) is 0 Å². The van der Waals surface area contributed by atoms with Gasteiger partial charge in [-0.05, 0) is 6.08 Å². The van der Waals surface area contributed by atoms with Crippen LogP contribution in [0.25, 0.3) is 6.08 Å². The van der Waals surface area contributed by atoms with Crippen LogP contribution in [0.5, 0.6) is 5.75 Å². The largest absolute Gasteiger partial charge is 0.505 e. The van der Waals surface area contributed by atoms with Crippen LogP contribution < -0.4 is 0 Å². The van der Waals surface area contributed by atoms with E-state index in [0.717, 1.165) is 0 Å². The molecule has 9 heavy (non-hydrogen) atoms. The molecule has 1 rings (SSSR count). The van der Waals surface area contributed by atoms with Gasteiger partial charge in [0.1, 0.15) is 0 Å². The van der Waals surface area contributed by atoms with Crippen molar-refractivity contribution in [3.63, 3.8) is 0 Å². The molecular formula is C6H6N2O. The Balaban J connectivity index is 3.01. The maximum absolute atomic E-state index is 8.69. The van der Waals surface area contributed by atoms with E-state index in [-0.39, 0.29) is 5.75 Å². The highest BCUT2D eigenvalue weighted by Crippen LogP contribution is 2.01. The van der Waals surface area contributed by atoms with Gasteiger partial charge in [-0.1, -0.05) is 6.58 Å². The highest BCUT2D eigenvalue weighted by Gasteiger charge is 1.87. The van der Waals surface area contributed by atoms with Crippen LogP contribution in [-0.2, 0) is 0 Å². The zero-order valence-corrected chi connectivity index (χ0v) is 4.78. The van der Waals surface area contributed by atoms with Crippen LogP contribution in [0.2, 0.25) is 0 Å². The maximum atomic E-state index is 8.69. The third-order valence-electron chi connectivity index (χ3n) is 0.841. The summed E-state index contributed by atoms with van der Waals surface area (Å²) < 4.78 is 0. The van der Waals surface area contributed by atoms with Gasteiger partial charge in [0.2, 0.25) is 0 Å². The van der Waals surface area contributed by atoms with Crippen molar-refractivity contribution in [2.45, 2.75) is 0 Å². The van der Waals surface area contributed by atoms with Crippen molar-refractivity contribution in [2.24, 2.45) is 0 Å². The first-order chi connectivity index (χ1) is 4.33. The average molecular weight is 122 g/mol. The molecule has 0 saturated heterocycles. The zero-order valence-electron chi connectivity index (χ0n) is 4.78. The molecule has 0 spiro atoms. The Morgan fingerprint density at radius 1 is 1.44 bits per heavy atom. The minimum absolute atomic E-state index is 0.0700. The first-order valence-corrected chi connectivity index (χ1v) is 2.46. The van der Waals surface area contributed by atoms with Gasteiger partial charge < -0.3 is 5.11 Å². The quantitative estimate of drug-likeness (QED) is 0.600. The van der Waals surface area contributed by atoms with E-state index in [1.807, 2.05) is 0 Å². The van der Waals surface area contributed by atoms with Crippen molar-refractivity contribution in [3.8, 4) is 5.75 Å². The van der Waals surface area contributed by atoms with Gasteiger partial charge in [0.15, 0.2) is 11.6 Å². The summed E-state index contributed by atoms with van der Waals surface area (Å²) in [5.74, 6) is 0.591. The predicted octanol–water partition coefficient (Wildman–Crippen LogP) is 0.825. The van der Waals surface area contributed by atoms with Crippen LogP contribution in [0, 0.1) is 0 Å². The number of aromatic hydroxyl groups is 1. The minimum atomic E-state index is 0.0700. The molecule has 1 N–H and O–H groups in total. The summed E-state index contributed by atoms with van der Waals surface area (Å²) in [5, 5.41) is 8.69. The van der Waals surface area contributed by atoms with Gasteiger partial charge in [0.25, 0.3) is 0 Å². The van der Waals surface area contributed by atoms with Gasteiger partial charge in [0.05, 0.1) is 12.4 Å². The first kappa shape index (κ1) is 5.75. The molecule has 0 aromatic carbocycles. The third-order valence-corrected chi connectivity index (χ3v) is 0.841. The molecule has 0 amide bonds. The van der Waals surface area contributed by atoms with Crippen LogP contribution in [0.3, 0.4) is 0 Å². The molecular weight excluding hydrogens is 116 g/mol. The SMILES string of the molecule is C=Cc1ncc(O)cn1. The fourth-order valence-corrected chi connectivity index (χ4v) is 0.437. The highest BCUT2D eigenvalue weighted by atomic mass is 16.3. The van der Waals surface area contributed by atoms with Crippen LogP contribution in [0.1, 0.15) is 5.82 Å². The van der Waals surface area contributed by atoms with Crippen LogP contribution in [0.15, 0.2) is 19.0 Å². The topological polar surface area (TPSA) is 46.0 Å². The standard InChI is InChI=1S/C6H6N2O/c1-2-6-7-3-5(9)4-8-6/h2-4,9H,1H2. The summed E-state index contributed by atoms with van der Waals surface area (Å²) >= 11 is 0. The van der Waals surface area contributed by atoms with Crippen molar-refractivity contribution in [2.75, 3.05) is 0 Å². The molecule has 0 bridgehead atoms. The van der Waals surface area contributed by atoms with E-state index in [9.17, 15) is 0 Å². The van der Waals surface area contributed by atoms with E-state index >= 15 is 0 Å². The fraction of sp³-hybridized carbons (Fsp3) is 0. The molecule has 1 heterocycles. The monoisotopic (exact) mass is 122 g/mol. The number of aromatic nitrogens is 2. The Morgan fingerprint density at radius 2 is 2.00 bits per heavy atom. The minimum Gasteiger partial charge on any atom is -0.505 e. The van der Waals surface area contributed by atoms with E-state index in [1.165, 1.54) is 18.5 Å². The highest BCUT2D eigenvalue weighted by molar-refractivity contribution is 5.35. The van der Waals surface area contributed by atoms with E-state index < -0.39 is 0 Å². The lowest BCUT2D eigenvalue weighted by Gasteiger charge is -1.89. The van der Waals surface area contributed by atoms with Crippen LogP contribution >= 0.6 is 0 Å². The predicted molar refractivity (Wildman–Crippen MR) is 33.8 cm³/mol. The molecule has 46 valence electrons. The molecule has 0 aliphatic carbocycles. The van der Waals surface area contributed by atoms with Gasteiger partial charge >= 0.3 is 0 Å². The number of rotatable bonds is 1. The van der Waals surface area contributed by atoms with Gasteiger partial charge in [-0.3, -0.25) is 0 Å². The van der Waals surface area contributed by atoms with E-state index in [0.29, 0.717) is 5.82 Å². The van der Waals surface area contributed by atoms with Gasteiger partial charge in [-0.2, -0.15) is 0 Å². The van der Waals surface area contributed by atoms with Crippen molar-refractivity contribution in [1.29, 1.82) is 0 Å². The molecule has 1 aromatic heterocycles. The second kappa shape index (κ2) is 2.26. The molecule has 0 fully saturated rings. The Kier molecular flexibility index (Phi) is 1.44. The summed E-state index contributed by atoms with van der Waals surface area (Å²) in [6, 6.07) is 0. The summed E-state index contributed by atoms with van der Waals surface area (Å²) in [4.78, 5) is 7.44. The van der Waals surface area contributed by atoms with E-state index in [4.69, 9.17) is 5.11 Å². The second-order valence-electron chi connectivity index (χ2n) is 1.50. The van der Waals surface area contributed by atoms with Crippen LogP contribution in [-0.4, -0.2) is 15.1 Å². The number of hydrogen-bond acceptors (Lipinski definition) is 3. The zero-order chi connectivity index (χ0) is 6.69. The summed E-state index contributed by atoms with van der Waals surface area (Å²) in [6.45, 7) is 3.45. The van der Waals surface area contributed by atoms with E-state index in [2.05, 4.69) is 16.5 Å². The number of nitrogens with zero attached hydrogens (tertiary/aromatic N) is 2. The van der Waals surface area contributed by atoms with E-state index in [1.54, 1.807) is 0 Å². The Labute approximate surface area is 52.7 Å². The molecule has 1 aromatic rings. The molecule has 3 nitrogen and oxygen atoms in total. The van der Waals surface area contributed by atoms with Gasteiger partial charge in [-0.25, -0.2) is 9.97 Å². The van der Waals surface area contributed by atoms with Crippen molar-refractivity contribution < 1.29 is 5.11 Å². The normalized spacial score (nSPS) is 8.89. The molecule has 0 aliphatic rings. The molecule has 0 atom stereocenters. The molecule has 0 unspecified atom stereocenters. The summed E-state index contributed by atoms with van der Waals surface area (Å²) in [7, 11) is 0. The fourth-order valence-electron chi connectivity index (χ4n) is 0.437. The van der Waals surface area contributed by atoms with Crippen LogP contribution in [0.4, 0.5) is 0 Å². The first-order valence-electron chi connectivity index (χ1n) is 2.46. The Morgan fingerprint density at radius 3 is 2.44 bits per heavy atom. The summed E-state index contributed by atoms with van der Waals surface area (Å²) in [6.07, 6.45) is 4.16. The Hall–Kier alpha value is -1.38. The molecule has 3 heteroatoms. The lowest BCUT2D eigenvalue weighted by atomic mass is 10.5. The molecule has 0 saturated carbocycles.